The van der Waals surface area contributed by atoms with Crippen LogP contribution >= 0.6 is 28.6 Å². The standard InChI is InChI=1S/C9H9BrO2S/c10-6-4-7-8(5-9(6)13)12-3-1-2-11-7/h4-5,13H,1-3H2. The molecule has 1 aliphatic rings. The lowest BCUT2D eigenvalue weighted by atomic mass is 10.3. The fourth-order valence-electron chi connectivity index (χ4n) is 1.17. The molecule has 0 atom stereocenters. The lowest BCUT2D eigenvalue weighted by Gasteiger charge is -2.08. The molecule has 2 nitrogen and oxygen atoms in total. The molecule has 70 valence electrons. The molecule has 0 radical (unpaired) electrons. The SMILES string of the molecule is Sc1cc2c(cc1Br)OCCCO2. The molecule has 1 heterocycles. The molecule has 0 amide bonds. The van der Waals surface area contributed by atoms with Crippen molar-refractivity contribution in [1.29, 1.82) is 0 Å². The van der Waals surface area contributed by atoms with Crippen molar-refractivity contribution in [1.82, 2.24) is 0 Å². The fourth-order valence-corrected chi connectivity index (χ4v) is 1.68. The average Bonchev–Trinajstić information content (AvgIpc) is 2.31. The lowest BCUT2D eigenvalue weighted by molar-refractivity contribution is 0.297. The molecule has 0 unspecified atom stereocenters. The Bertz CT molecular complexity index is 297. The second-order valence-corrected chi connectivity index (χ2v) is 4.14. The third-order valence-corrected chi connectivity index (χ3v) is 3.15. The van der Waals surface area contributed by atoms with Gasteiger partial charge >= 0.3 is 0 Å². The van der Waals surface area contributed by atoms with Gasteiger partial charge in [0.15, 0.2) is 11.5 Å². The first-order valence-corrected chi connectivity index (χ1v) is 5.29. The molecule has 2 rings (SSSR count). The number of fused-ring (bicyclic) bond motifs is 1. The summed E-state index contributed by atoms with van der Waals surface area (Å²) in [6.07, 6.45) is 0.925. The Labute approximate surface area is 90.8 Å². The normalized spacial score (nSPS) is 15.2. The molecule has 0 N–H and O–H groups in total. The summed E-state index contributed by atoms with van der Waals surface area (Å²) in [4.78, 5) is 0.865. The van der Waals surface area contributed by atoms with E-state index in [9.17, 15) is 0 Å². The Hall–Kier alpha value is -0.350. The summed E-state index contributed by atoms with van der Waals surface area (Å²) in [5.74, 6) is 1.58. The minimum Gasteiger partial charge on any atom is -0.490 e. The summed E-state index contributed by atoms with van der Waals surface area (Å²) < 4.78 is 11.9. The monoisotopic (exact) mass is 260 g/mol. The van der Waals surface area contributed by atoms with E-state index in [0.29, 0.717) is 13.2 Å². The highest BCUT2D eigenvalue weighted by Crippen LogP contribution is 2.36. The van der Waals surface area contributed by atoms with Crippen LogP contribution in [0.2, 0.25) is 0 Å². The molecule has 1 aliphatic heterocycles. The Morgan fingerprint density at radius 1 is 1.15 bits per heavy atom. The summed E-state index contributed by atoms with van der Waals surface area (Å²) in [6.45, 7) is 1.42. The van der Waals surface area contributed by atoms with Crippen LogP contribution in [-0.4, -0.2) is 13.2 Å². The number of hydrogen-bond donors (Lipinski definition) is 1. The quantitative estimate of drug-likeness (QED) is 0.724. The first kappa shape index (κ1) is 9.21. The third-order valence-electron chi connectivity index (χ3n) is 1.82. The molecule has 0 saturated carbocycles. The number of thiol groups is 1. The smallest absolute Gasteiger partial charge is 0.162 e. The van der Waals surface area contributed by atoms with Gasteiger partial charge in [-0.15, -0.1) is 12.6 Å². The Balaban J connectivity index is 2.43. The minimum absolute atomic E-state index is 0.710. The van der Waals surface area contributed by atoms with E-state index in [4.69, 9.17) is 9.47 Å². The van der Waals surface area contributed by atoms with Gasteiger partial charge in [-0.05, 0) is 28.1 Å². The van der Waals surface area contributed by atoms with E-state index in [0.717, 1.165) is 27.3 Å². The van der Waals surface area contributed by atoms with Crippen LogP contribution in [0.5, 0.6) is 11.5 Å². The van der Waals surface area contributed by atoms with Crippen molar-refractivity contribution in [3.05, 3.63) is 16.6 Å². The number of halogens is 1. The van der Waals surface area contributed by atoms with Crippen molar-refractivity contribution in [2.75, 3.05) is 13.2 Å². The largest absolute Gasteiger partial charge is 0.490 e. The van der Waals surface area contributed by atoms with Crippen molar-refractivity contribution in [3.63, 3.8) is 0 Å². The molecule has 0 aliphatic carbocycles. The summed E-state index contributed by atoms with van der Waals surface area (Å²) in [5.41, 5.74) is 0. The Morgan fingerprint density at radius 3 is 2.46 bits per heavy atom. The van der Waals surface area contributed by atoms with E-state index < -0.39 is 0 Å². The molecule has 1 aromatic rings. The minimum atomic E-state index is 0.710. The van der Waals surface area contributed by atoms with E-state index in [1.807, 2.05) is 12.1 Å². The molecule has 0 spiro atoms. The van der Waals surface area contributed by atoms with Crippen molar-refractivity contribution in [2.24, 2.45) is 0 Å². The van der Waals surface area contributed by atoms with Crippen molar-refractivity contribution in [2.45, 2.75) is 11.3 Å². The fraction of sp³-hybridized carbons (Fsp3) is 0.333. The number of hydrogen-bond acceptors (Lipinski definition) is 3. The number of rotatable bonds is 0. The van der Waals surface area contributed by atoms with E-state index in [-0.39, 0.29) is 0 Å². The average molecular weight is 261 g/mol. The van der Waals surface area contributed by atoms with Crippen LogP contribution < -0.4 is 9.47 Å². The lowest BCUT2D eigenvalue weighted by Crippen LogP contribution is -1.97. The van der Waals surface area contributed by atoms with Crippen LogP contribution in [0.3, 0.4) is 0 Å². The summed E-state index contributed by atoms with van der Waals surface area (Å²) in [5, 5.41) is 0. The van der Waals surface area contributed by atoms with E-state index >= 15 is 0 Å². The van der Waals surface area contributed by atoms with Crippen LogP contribution in [0.1, 0.15) is 6.42 Å². The zero-order valence-corrected chi connectivity index (χ0v) is 9.40. The van der Waals surface area contributed by atoms with E-state index in [1.54, 1.807) is 0 Å². The molecular formula is C9H9BrO2S. The van der Waals surface area contributed by atoms with E-state index in [2.05, 4.69) is 28.6 Å². The molecule has 0 fully saturated rings. The van der Waals surface area contributed by atoms with Crippen molar-refractivity contribution >= 4 is 28.6 Å². The first-order valence-electron chi connectivity index (χ1n) is 4.05. The maximum atomic E-state index is 5.50. The number of ether oxygens (including phenoxy) is 2. The first-order chi connectivity index (χ1) is 6.27. The molecule has 0 bridgehead atoms. The summed E-state index contributed by atoms with van der Waals surface area (Å²) in [6, 6.07) is 3.76. The second kappa shape index (κ2) is 3.80. The maximum absolute atomic E-state index is 5.50. The van der Waals surface area contributed by atoms with Gasteiger partial charge in [0.2, 0.25) is 0 Å². The third kappa shape index (κ3) is 1.94. The molecule has 1 aromatic carbocycles. The van der Waals surface area contributed by atoms with Gasteiger partial charge in [0.1, 0.15) is 0 Å². The predicted octanol–water partition coefficient (Wildman–Crippen LogP) is 2.90. The van der Waals surface area contributed by atoms with Gasteiger partial charge in [0.25, 0.3) is 0 Å². The zero-order valence-electron chi connectivity index (χ0n) is 6.92. The van der Waals surface area contributed by atoms with Crippen LogP contribution in [0.4, 0.5) is 0 Å². The maximum Gasteiger partial charge on any atom is 0.162 e. The van der Waals surface area contributed by atoms with Gasteiger partial charge in [-0.2, -0.15) is 0 Å². The molecular weight excluding hydrogens is 252 g/mol. The van der Waals surface area contributed by atoms with Gasteiger partial charge < -0.3 is 9.47 Å². The predicted molar refractivity (Wildman–Crippen MR) is 57.0 cm³/mol. The topological polar surface area (TPSA) is 18.5 Å². The summed E-state index contributed by atoms with van der Waals surface area (Å²) in [7, 11) is 0. The molecule has 13 heavy (non-hydrogen) atoms. The Kier molecular flexibility index (Phi) is 2.69. The van der Waals surface area contributed by atoms with Crippen LogP contribution in [0, 0.1) is 0 Å². The molecule has 4 heteroatoms. The molecule has 0 saturated heterocycles. The Morgan fingerprint density at radius 2 is 1.77 bits per heavy atom. The molecule has 0 aromatic heterocycles. The van der Waals surface area contributed by atoms with Gasteiger partial charge in [-0.3, -0.25) is 0 Å². The van der Waals surface area contributed by atoms with Crippen LogP contribution in [-0.2, 0) is 0 Å². The second-order valence-electron chi connectivity index (χ2n) is 2.80. The highest BCUT2D eigenvalue weighted by molar-refractivity contribution is 9.10. The highest BCUT2D eigenvalue weighted by Gasteiger charge is 2.11. The highest BCUT2D eigenvalue weighted by atomic mass is 79.9. The van der Waals surface area contributed by atoms with E-state index in [1.165, 1.54) is 0 Å². The van der Waals surface area contributed by atoms with Gasteiger partial charge in [0.05, 0.1) is 13.2 Å². The van der Waals surface area contributed by atoms with Gasteiger partial charge in [0, 0.05) is 15.8 Å². The zero-order chi connectivity index (χ0) is 9.26. The van der Waals surface area contributed by atoms with Gasteiger partial charge in [-0.25, -0.2) is 0 Å². The van der Waals surface area contributed by atoms with Gasteiger partial charge in [-0.1, -0.05) is 0 Å². The van der Waals surface area contributed by atoms with Crippen LogP contribution in [0.15, 0.2) is 21.5 Å². The van der Waals surface area contributed by atoms with Crippen molar-refractivity contribution in [3.8, 4) is 11.5 Å². The summed E-state index contributed by atoms with van der Waals surface area (Å²) >= 11 is 7.67. The number of benzene rings is 1. The van der Waals surface area contributed by atoms with Crippen molar-refractivity contribution < 1.29 is 9.47 Å². The van der Waals surface area contributed by atoms with Crippen LogP contribution in [0.25, 0.3) is 0 Å².